The molecule has 0 amide bonds. The number of fused-ring (bicyclic) bond motifs is 11. The van der Waals surface area contributed by atoms with Gasteiger partial charge in [-0.15, -0.1) is 0 Å². The van der Waals surface area contributed by atoms with Crippen LogP contribution in [0.3, 0.4) is 0 Å². The lowest BCUT2D eigenvalue weighted by atomic mass is 9.79. The Kier molecular flexibility index (Phi) is 14.6. The quantitative estimate of drug-likeness (QED) is 0.0705. The lowest BCUT2D eigenvalue weighted by molar-refractivity contribution is -0.689. The van der Waals surface area contributed by atoms with E-state index < -0.39 is 25.2 Å². The Morgan fingerprint density at radius 3 is 1.55 bits per heavy atom. The Balaban J connectivity index is 0.000000171. The van der Waals surface area contributed by atoms with Gasteiger partial charge >= 0.3 is 0 Å². The number of hydrogen-bond donors (Lipinski definition) is 0. The minimum Gasteiger partial charge on any atom is -0.744 e. The fourth-order valence-electron chi connectivity index (χ4n) is 9.27. The third kappa shape index (κ3) is 11.2. The fourth-order valence-corrected chi connectivity index (χ4v) is 10.3. The van der Waals surface area contributed by atoms with Crippen LogP contribution in [-0.4, -0.2) is 52.0 Å². The highest BCUT2D eigenvalue weighted by molar-refractivity contribution is 7.86. The molecular weight excluding hydrogens is 933 g/mol. The third-order valence-corrected chi connectivity index (χ3v) is 14.6. The predicted octanol–water partition coefficient (Wildman–Crippen LogP) is 10.1. The summed E-state index contributed by atoms with van der Waals surface area (Å²) >= 11 is 0. The molecule has 9 aromatic rings. The van der Waals surface area contributed by atoms with Gasteiger partial charge in [-0.05, 0) is 117 Å². The van der Waals surface area contributed by atoms with Gasteiger partial charge in [-0.2, -0.15) is 9.13 Å². The Morgan fingerprint density at radius 2 is 1.01 bits per heavy atom. The maximum Gasteiger partial charge on any atom is 0.221 e. The molecule has 0 radical (unpaired) electrons. The van der Waals surface area contributed by atoms with E-state index in [1.807, 2.05) is 24.3 Å². The van der Waals surface area contributed by atoms with Crippen LogP contribution in [0.25, 0.3) is 67.0 Å². The molecule has 0 aliphatic carbocycles. The molecule has 0 saturated carbocycles. The van der Waals surface area contributed by atoms with Crippen LogP contribution in [0, 0.1) is 24.0 Å². The van der Waals surface area contributed by atoms with Gasteiger partial charge in [-0.1, -0.05) is 103 Å². The number of benzene rings is 7. The largest absolute Gasteiger partial charge is 0.744 e. The molecule has 11 rings (SSSR count). The van der Waals surface area contributed by atoms with Gasteiger partial charge in [-0.25, -0.2) is 16.8 Å². The number of pyridine rings is 2. The fraction of sp³-hybridized carbons (Fsp3) is 0.158. The molecule has 0 spiro atoms. The SMILES string of the molecule is C[N+](=O)[O-].Cc1c(C)c2c(c3c1CC[n+]1ccc(/C=C/c4ccc(N(C)C)cc4)cc1-3)-c1c3ccccc3cc[n+]1CC2.O=S(=O)([O-])c1ccc2ccccc2c1.O=S(=O)([O-])c1ccc2ccccc2c1. The Bertz CT molecular complexity index is 3650. The van der Waals surface area contributed by atoms with Crippen LogP contribution >= 0.6 is 0 Å². The van der Waals surface area contributed by atoms with E-state index in [1.165, 1.54) is 96.6 Å². The zero-order chi connectivity index (χ0) is 50.6. The molecule has 0 atom stereocenters. The van der Waals surface area contributed by atoms with Crippen molar-refractivity contribution < 1.29 is 40.0 Å². The van der Waals surface area contributed by atoms with E-state index in [-0.39, 0.29) is 9.79 Å². The first-order valence-electron chi connectivity index (χ1n) is 22.9. The summed E-state index contributed by atoms with van der Waals surface area (Å²) in [7, 11) is -3.64. The molecule has 4 heterocycles. The van der Waals surface area contributed by atoms with Gasteiger partial charge in [0.15, 0.2) is 32.5 Å². The lowest BCUT2D eigenvalue weighted by Crippen LogP contribution is -2.43. The normalized spacial score (nSPS) is 12.5. The smallest absolute Gasteiger partial charge is 0.221 e. The van der Waals surface area contributed by atoms with Crippen molar-refractivity contribution in [2.45, 2.75) is 49.6 Å². The minimum atomic E-state index is -4.34. The predicted molar refractivity (Wildman–Crippen MR) is 279 cm³/mol. The van der Waals surface area contributed by atoms with Crippen molar-refractivity contribution in [3.63, 3.8) is 0 Å². The molecule has 0 N–H and O–H groups in total. The minimum absolute atomic E-state index is 0.184. The topological polar surface area (TPSA) is 169 Å². The second-order valence-electron chi connectivity index (χ2n) is 17.6. The molecule has 2 aromatic heterocycles. The maximum absolute atomic E-state index is 10.7. The number of nitro groups is 1. The molecule has 14 heteroatoms. The van der Waals surface area contributed by atoms with Crippen LogP contribution in [0.15, 0.2) is 174 Å². The summed E-state index contributed by atoms with van der Waals surface area (Å²) in [5.41, 5.74) is 15.3. The number of nitrogens with zero attached hydrogens (tertiary/aromatic N) is 4. The van der Waals surface area contributed by atoms with Crippen molar-refractivity contribution in [2.75, 3.05) is 26.0 Å². The summed E-state index contributed by atoms with van der Waals surface area (Å²) in [6.45, 7) is 6.74. The van der Waals surface area contributed by atoms with Gasteiger partial charge in [0.2, 0.25) is 11.4 Å². The van der Waals surface area contributed by atoms with E-state index in [2.05, 4.69) is 133 Å². The Hall–Kier alpha value is -7.62. The molecule has 71 heavy (non-hydrogen) atoms. The zero-order valence-corrected chi connectivity index (χ0v) is 41.6. The number of hydrogen-bond acceptors (Lipinski definition) is 9. The summed E-state index contributed by atoms with van der Waals surface area (Å²) in [4.78, 5) is 10.1. The van der Waals surface area contributed by atoms with Crippen molar-refractivity contribution >= 4 is 70.4 Å². The average molecular weight is 985 g/mol. The number of rotatable bonds is 5. The first-order valence-corrected chi connectivity index (χ1v) is 25.7. The average Bonchev–Trinajstić information content (AvgIpc) is 3.36. The molecule has 0 saturated heterocycles. The highest BCUT2D eigenvalue weighted by atomic mass is 32.2. The standard InChI is InChI=1S/C36H35N3.2C10H8O3S.CH3NO2/c1-24-25(2)31-18-22-39-20-16-28-7-5-6-8-32(28)36(39)35(31)34-30(24)17-21-38-19-15-27(23-33(34)38)10-9-26-11-13-29(14-12-26)37(3)4;2*11-14(12,13)10-6-5-8-3-1-2-4-9(8)7-10;1-2(3)4/h5-16,19-20,23H,17-18,21-22H2,1-4H3;2*1-7H,(H,11,12,13);1H3/q+2;;;/p-2. The monoisotopic (exact) mass is 984 g/mol. The summed E-state index contributed by atoms with van der Waals surface area (Å²) in [5.74, 6) is 0. The molecule has 0 bridgehead atoms. The summed E-state index contributed by atoms with van der Waals surface area (Å²) in [6.07, 6.45) is 11.2. The van der Waals surface area contributed by atoms with Crippen molar-refractivity contribution in [3.8, 4) is 22.5 Å². The number of anilines is 1. The van der Waals surface area contributed by atoms with Crippen molar-refractivity contribution in [1.82, 2.24) is 0 Å². The van der Waals surface area contributed by atoms with Gasteiger partial charge in [-0.3, -0.25) is 10.1 Å². The van der Waals surface area contributed by atoms with Crippen LogP contribution in [0.1, 0.15) is 33.4 Å². The van der Waals surface area contributed by atoms with E-state index in [0.29, 0.717) is 0 Å². The summed E-state index contributed by atoms with van der Waals surface area (Å²) in [5, 5.41) is 14.8. The van der Waals surface area contributed by atoms with Crippen LogP contribution in [0.4, 0.5) is 5.69 Å². The van der Waals surface area contributed by atoms with Crippen LogP contribution in [0.5, 0.6) is 0 Å². The molecule has 2 aliphatic rings. The molecule has 0 unspecified atom stereocenters. The van der Waals surface area contributed by atoms with E-state index in [4.69, 9.17) is 10.1 Å². The Morgan fingerprint density at radius 1 is 0.549 bits per heavy atom. The van der Waals surface area contributed by atoms with Crippen molar-refractivity contribution in [1.29, 1.82) is 0 Å². The zero-order valence-electron chi connectivity index (χ0n) is 39.9. The van der Waals surface area contributed by atoms with Gasteiger partial charge in [0, 0.05) is 55.7 Å². The van der Waals surface area contributed by atoms with Gasteiger partial charge in [0.1, 0.15) is 20.2 Å². The molecule has 12 nitrogen and oxygen atoms in total. The van der Waals surface area contributed by atoms with Gasteiger partial charge < -0.3 is 14.0 Å². The molecule has 2 aliphatic heterocycles. The van der Waals surface area contributed by atoms with E-state index in [1.54, 1.807) is 36.4 Å². The second-order valence-corrected chi connectivity index (χ2v) is 20.4. The first-order chi connectivity index (χ1) is 33.9. The first kappa shape index (κ1) is 49.8. The van der Waals surface area contributed by atoms with Crippen LogP contribution < -0.4 is 14.0 Å². The third-order valence-electron chi connectivity index (χ3n) is 12.9. The number of aromatic nitrogens is 2. The second kappa shape index (κ2) is 20.8. The highest BCUT2D eigenvalue weighted by Crippen LogP contribution is 2.45. The van der Waals surface area contributed by atoms with Crippen LogP contribution in [-0.2, 0) is 46.2 Å². The maximum atomic E-state index is 10.7. The summed E-state index contributed by atoms with van der Waals surface area (Å²) in [6, 6.07) is 47.8. The van der Waals surface area contributed by atoms with Gasteiger partial charge in [0.05, 0.1) is 26.3 Å². The van der Waals surface area contributed by atoms with E-state index >= 15 is 0 Å². The van der Waals surface area contributed by atoms with E-state index in [9.17, 15) is 25.9 Å². The van der Waals surface area contributed by atoms with Crippen LogP contribution in [0.2, 0.25) is 0 Å². The highest BCUT2D eigenvalue weighted by Gasteiger charge is 2.37. The molecule has 7 aromatic carbocycles. The molecule has 360 valence electrons. The molecule has 0 fully saturated rings. The van der Waals surface area contributed by atoms with Crippen molar-refractivity contribution in [2.24, 2.45) is 0 Å². The van der Waals surface area contributed by atoms with Crippen molar-refractivity contribution in [3.05, 3.63) is 208 Å². The Labute approximate surface area is 414 Å². The lowest BCUT2D eigenvalue weighted by Gasteiger charge is -2.27. The van der Waals surface area contributed by atoms with Gasteiger partial charge in [0.25, 0.3) is 0 Å². The molecular formula is C57H52N4O8S2. The summed E-state index contributed by atoms with van der Waals surface area (Å²) < 4.78 is 69.3. The van der Waals surface area contributed by atoms with E-state index in [0.717, 1.165) is 54.5 Å². The number of aryl methyl sites for hydroxylation is 2.